The Morgan fingerprint density at radius 1 is 1.17 bits per heavy atom. The molecular formula is C14H20N4O4S. The quantitative estimate of drug-likeness (QED) is 0.446. The Labute approximate surface area is 138 Å². The predicted octanol–water partition coefficient (Wildman–Crippen LogP) is 0.747. The number of carbonyl (C=O) groups excluding carboxylic acids is 3. The molecule has 8 nitrogen and oxygen atoms in total. The molecule has 0 aliphatic heterocycles. The van der Waals surface area contributed by atoms with E-state index >= 15 is 0 Å². The molecule has 2 N–H and O–H groups in total. The lowest BCUT2D eigenvalue weighted by molar-refractivity contribution is -0.148. The van der Waals surface area contributed by atoms with Gasteiger partial charge in [-0.25, -0.2) is 14.8 Å². The maximum atomic E-state index is 11.7. The zero-order chi connectivity index (χ0) is 17.4. The van der Waals surface area contributed by atoms with Gasteiger partial charge in [-0.2, -0.15) is 0 Å². The molecule has 126 valence electrons. The number of aromatic nitrogens is 2. The summed E-state index contributed by atoms with van der Waals surface area (Å²) in [6.07, 6.45) is 2.44. The van der Waals surface area contributed by atoms with Gasteiger partial charge in [0.15, 0.2) is 11.8 Å². The topological polar surface area (TPSA) is 110 Å². The van der Waals surface area contributed by atoms with Crippen molar-refractivity contribution >= 4 is 29.7 Å². The molecule has 0 saturated heterocycles. The molecule has 0 fully saturated rings. The van der Waals surface area contributed by atoms with Crippen molar-refractivity contribution in [3.63, 3.8) is 0 Å². The van der Waals surface area contributed by atoms with Crippen molar-refractivity contribution in [3.05, 3.63) is 17.0 Å². The summed E-state index contributed by atoms with van der Waals surface area (Å²) >= 11 is 1.46. The first-order valence-electron chi connectivity index (χ1n) is 6.92. The van der Waals surface area contributed by atoms with Crippen LogP contribution in [0.1, 0.15) is 23.4 Å². The smallest absolute Gasteiger partial charge is 0.321 e. The van der Waals surface area contributed by atoms with Crippen LogP contribution in [0.3, 0.4) is 0 Å². The van der Waals surface area contributed by atoms with Gasteiger partial charge in [-0.1, -0.05) is 11.8 Å². The number of carbonyl (C=O) groups is 3. The number of rotatable bonds is 6. The molecule has 1 aromatic rings. The van der Waals surface area contributed by atoms with Crippen LogP contribution in [0.25, 0.3) is 0 Å². The Kier molecular flexibility index (Phi) is 7.46. The van der Waals surface area contributed by atoms with Crippen LogP contribution < -0.4 is 10.6 Å². The molecule has 9 heteroatoms. The third-order valence-corrected chi connectivity index (χ3v) is 3.55. The number of hydrogen-bond donors (Lipinski definition) is 2. The SMILES string of the molecule is CNC(=O)NC(=O)COC(=O)CCc1c(C)nc(SC)nc1C. The average molecular weight is 340 g/mol. The minimum absolute atomic E-state index is 0.108. The molecule has 1 rings (SSSR count). The molecule has 0 saturated carbocycles. The highest BCUT2D eigenvalue weighted by Crippen LogP contribution is 2.17. The Morgan fingerprint density at radius 3 is 2.30 bits per heavy atom. The number of urea groups is 1. The van der Waals surface area contributed by atoms with Gasteiger partial charge in [-0.15, -0.1) is 0 Å². The summed E-state index contributed by atoms with van der Waals surface area (Å²) in [6, 6.07) is -0.650. The largest absolute Gasteiger partial charge is 0.456 e. The molecule has 3 amide bonds. The van der Waals surface area contributed by atoms with E-state index in [0.29, 0.717) is 11.6 Å². The minimum atomic E-state index is -0.683. The molecule has 0 spiro atoms. The summed E-state index contributed by atoms with van der Waals surface area (Å²) in [6.45, 7) is 3.24. The Balaban J connectivity index is 2.48. The van der Waals surface area contributed by atoms with E-state index in [1.54, 1.807) is 0 Å². The Hall–Kier alpha value is -2.16. The number of imide groups is 1. The monoisotopic (exact) mass is 340 g/mol. The first-order chi connectivity index (χ1) is 10.9. The Bertz CT molecular complexity index is 583. The lowest BCUT2D eigenvalue weighted by Crippen LogP contribution is -2.39. The van der Waals surface area contributed by atoms with Crippen LogP contribution in [-0.2, 0) is 20.7 Å². The van der Waals surface area contributed by atoms with E-state index in [2.05, 4.69) is 15.3 Å². The standard InChI is InChI=1S/C14H20N4O4S/c1-8-10(9(2)17-14(16-8)23-4)5-6-12(20)22-7-11(19)18-13(21)15-3/h5-7H2,1-4H3,(H2,15,18,19,21). The lowest BCUT2D eigenvalue weighted by atomic mass is 10.1. The van der Waals surface area contributed by atoms with E-state index in [1.165, 1.54) is 18.8 Å². The summed E-state index contributed by atoms with van der Waals surface area (Å²) in [5, 5.41) is 4.92. The molecule has 0 aliphatic carbocycles. The van der Waals surface area contributed by atoms with Gasteiger partial charge < -0.3 is 10.1 Å². The number of hydrogen-bond acceptors (Lipinski definition) is 7. The van der Waals surface area contributed by atoms with Crippen LogP contribution >= 0.6 is 11.8 Å². The number of nitrogens with one attached hydrogen (secondary N) is 2. The van der Waals surface area contributed by atoms with Crippen molar-refractivity contribution in [2.75, 3.05) is 19.9 Å². The van der Waals surface area contributed by atoms with Crippen LogP contribution in [0.2, 0.25) is 0 Å². The fraction of sp³-hybridized carbons (Fsp3) is 0.500. The maximum absolute atomic E-state index is 11.7. The van der Waals surface area contributed by atoms with Crippen molar-refractivity contribution in [1.29, 1.82) is 0 Å². The second-order valence-corrected chi connectivity index (χ2v) is 5.42. The van der Waals surface area contributed by atoms with Gasteiger partial charge in [0.05, 0.1) is 0 Å². The molecule has 23 heavy (non-hydrogen) atoms. The highest BCUT2D eigenvalue weighted by Gasteiger charge is 2.13. The first-order valence-corrected chi connectivity index (χ1v) is 8.15. The van der Waals surface area contributed by atoms with Crippen molar-refractivity contribution in [3.8, 4) is 0 Å². The third kappa shape index (κ3) is 6.23. The van der Waals surface area contributed by atoms with Gasteiger partial charge in [0.1, 0.15) is 0 Å². The van der Waals surface area contributed by atoms with Gasteiger partial charge in [-0.05, 0) is 32.1 Å². The molecule has 0 aliphatic rings. The summed E-state index contributed by atoms with van der Waals surface area (Å²) < 4.78 is 4.82. The van der Waals surface area contributed by atoms with Gasteiger partial charge >= 0.3 is 12.0 Å². The van der Waals surface area contributed by atoms with Crippen molar-refractivity contribution in [1.82, 2.24) is 20.6 Å². The number of esters is 1. The first kappa shape index (κ1) is 18.9. The third-order valence-electron chi connectivity index (χ3n) is 3.01. The fourth-order valence-electron chi connectivity index (χ4n) is 1.83. The van der Waals surface area contributed by atoms with Crippen LogP contribution in [-0.4, -0.2) is 47.8 Å². The van der Waals surface area contributed by atoms with Crippen LogP contribution in [0, 0.1) is 13.8 Å². The summed E-state index contributed by atoms with van der Waals surface area (Å²) in [7, 11) is 1.38. The minimum Gasteiger partial charge on any atom is -0.456 e. The zero-order valence-electron chi connectivity index (χ0n) is 13.6. The van der Waals surface area contributed by atoms with E-state index in [4.69, 9.17) is 4.74 Å². The van der Waals surface area contributed by atoms with Gasteiger partial charge in [-0.3, -0.25) is 14.9 Å². The molecule has 0 atom stereocenters. The van der Waals surface area contributed by atoms with E-state index < -0.39 is 24.5 Å². The van der Waals surface area contributed by atoms with Crippen LogP contribution in [0.4, 0.5) is 4.79 Å². The molecule has 0 bridgehead atoms. The number of nitrogens with zero attached hydrogens (tertiary/aromatic N) is 2. The highest BCUT2D eigenvalue weighted by atomic mass is 32.2. The van der Waals surface area contributed by atoms with Crippen molar-refractivity contribution < 1.29 is 19.1 Å². The van der Waals surface area contributed by atoms with E-state index in [9.17, 15) is 14.4 Å². The van der Waals surface area contributed by atoms with Gasteiger partial charge in [0, 0.05) is 24.9 Å². The molecule has 1 aromatic heterocycles. The Morgan fingerprint density at radius 2 is 1.78 bits per heavy atom. The van der Waals surface area contributed by atoms with Crippen LogP contribution in [0.5, 0.6) is 0 Å². The fourth-order valence-corrected chi connectivity index (χ4v) is 2.29. The number of ether oxygens (including phenoxy) is 1. The van der Waals surface area contributed by atoms with Crippen molar-refractivity contribution in [2.45, 2.75) is 31.8 Å². The summed E-state index contributed by atoms with van der Waals surface area (Å²) in [4.78, 5) is 42.6. The lowest BCUT2D eigenvalue weighted by Gasteiger charge is -2.10. The second kappa shape index (κ2) is 9.09. The molecule has 0 aromatic carbocycles. The molecule has 0 radical (unpaired) electrons. The number of thioether (sulfide) groups is 1. The predicted molar refractivity (Wildman–Crippen MR) is 85.2 cm³/mol. The summed E-state index contributed by atoms with van der Waals surface area (Å²) in [5.41, 5.74) is 2.55. The van der Waals surface area contributed by atoms with E-state index in [0.717, 1.165) is 17.0 Å². The zero-order valence-corrected chi connectivity index (χ0v) is 14.4. The molecular weight excluding hydrogens is 320 g/mol. The van der Waals surface area contributed by atoms with Crippen molar-refractivity contribution in [2.24, 2.45) is 0 Å². The number of aryl methyl sites for hydroxylation is 2. The van der Waals surface area contributed by atoms with Gasteiger partial charge in [0.25, 0.3) is 5.91 Å². The van der Waals surface area contributed by atoms with Gasteiger partial charge in [0.2, 0.25) is 0 Å². The number of amides is 3. The highest BCUT2D eigenvalue weighted by molar-refractivity contribution is 7.98. The average Bonchev–Trinajstić information content (AvgIpc) is 2.51. The molecule has 0 unspecified atom stereocenters. The van der Waals surface area contributed by atoms with Crippen LogP contribution in [0.15, 0.2) is 5.16 Å². The normalized spacial score (nSPS) is 10.1. The summed E-state index contributed by atoms with van der Waals surface area (Å²) in [5.74, 6) is -1.21. The maximum Gasteiger partial charge on any atom is 0.321 e. The second-order valence-electron chi connectivity index (χ2n) is 4.65. The van der Waals surface area contributed by atoms with E-state index in [1.807, 2.05) is 25.4 Å². The molecule has 1 heterocycles. The van der Waals surface area contributed by atoms with E-state index in [-0.39, 0.29) is 6.42 Å².